The van der Waals surface area contributed by atoms with Gasteiger partial charge < -0.3 is 10.2 Å². The number of piperidine rings is 1. The summed E-state index contributed by atoms with van der Waals surface area (Å²) < 4.78 is 0. The Labute approximate surface area is 91.5 Å². The van der Waals surface area contributed by atoms with E-state index in [0.717, 1.165) is 13.1 Å². The van der Waals surface area contributed by atoms with Gasteiger partial charge in [-0.15, -0.1) is 0 Å². The lowest BCUT2D eigenvalue weighted by Gasteiger charge is -2.26. The van der Waals surface area contributed by atoms with Crippen LogP contribution in [-0.4, -0.2) is 36.1 Å². The predicted octanol–water partition coefficient (Wildman–Crippen LogP) is 1.98. The summed E-state index contributed by atoms with van der Waals surface area (Å²) in [5, 5.41) is 3.41. The first-order valence-corrected chi connectivity index (χ1v) is 5.81. The zero-order valence-corrected chi connectivity index (χ0v) is 9.15. The highest BCUT2D eigenvalue weighted by Crippen LogP contribution is 2.08. The molecule has 2 rings (SSSR count). The van der Waals surface area contributed by atoms with E-state index < -0.39 is 0 Å². The second-order valence-electron chi connectivity index (χ2n) is 4.06. The Bertz CT molecular complexity index is 267. The molecule has 0 amide bonds. The van der Waals surface area contributed by atoms with Crippen LogP contribution in [0.5, 0.6) is 0 Å². The number of aromatic nitrogens is 1. The lowest BCUT2D eigenvalue weighted by atomic mass is 10.1. The number of hydrogen-bond donors (Lipinski definition) is 1. The maximum Gasteiger partial charge on any atom is 0.0371 e. The molecule has 0 unspecified atom stereocenters. The first-order chi connectivity index (χ1) is 7.45. The van der Waals surface area contributed by atoms with Crippen LogP contribution in [0.3, 0.4) is 0 Å². The van der Waals surface area contributed by atoms with Crippen molar-refractivity contribution in [2.75, 3.05) is 31.5 Å². The Morgan fingerprint density at radius 3 is 2.60 bits per heavy atom. The maximum atomic E-state index is 3.99. The van der Waals surface area contributed by atoms with Crippen molar-refractivity contribution in [2.45, 2.75) is 19.3 Å². The first kappa shape index (κ1) is 10.4. The highest BCUT2D eigenvalue weighted by molar-refractivity contribution is 5.40. The fraction of sp³-hybridized carbons (Fsp3) is 0.583. The molecular formula is C12H19N3. The second-order valence-corrected chi connectivity index (χ2v) is 4.06. The molecule has 0 bridgehead atoms. The lowest BCUT2D eigenvalue weighted by molar-refractivity contribution is 0.237. The minimum atomic E-state index is 1.03. The van der Waals surface area contributed by atoms with Gasteiger partial charge in [-0.1, -0.05) is 6.42 Å². The third-order valence-electron chi connectivity index (χ3n) is 2.89. The quantitative estimate of drug-likeness (QED) is 0.814. The maximum absolute atomic E-state index is 3.99. The summed E-state index contributed by atoms with van der Waals surface area (Å²) in [5.74, 6) is 0. The monoisotopic (exact) mass is 205 g/mol. The Hall–Kier alpha value is -1.09. The molecule has 82 valence electrons. The minimum Gasteiger partial charge on any atom is -0.384 e. The summed E-state index contributed by atoms with van der Waals surface area (Å²) >= 11 is 0. The third kappa shape index (κ3) is 3.51. The van der Waals surface area contributed by atoms with Gasteiger partial charge in [-0.05, 0) is 38.1 Å². The van der Waals surface area contributed by atoms with Gasteiger partial charge in [-0.25, -0.2) is 0 Å². The predicted molar refractivity (Wildman–Crippen MR) is 63.0 cm³/mol. The van der Waals surface area contributed by atoms with Gasteiger partial charge >= 0.3 is 0 Å². The van der Waals surface area contributed by atoms with Crippen molar-refractivity contribution in [3.05, 3.63) is 24.5 Å². The van der Waals surface area contributed by atoms with Crippen molar-refractivity contribution < 1.29 is 0 Å². The van der Waals surface area contributed by atoms with E-state index in [4.69, 9.17) is 0 Å². The van der Waals surface area contributed by atoms with Gasteiger partial charge in [-0.3, -0.25) is 4.98 Å². The van der Waals surface area contributed by atoms with Crippen LogP contribution in [0.4, 0.5) is 5.69 Å². The topological polar surface area (TPSA) is 28.2 Å². The molecule has 1 saturated heterocycles. The van der Waals surface area contributed by atoms with Crippen molar-refractivity contribution in [2.24, 2.45) is 0 Å². The number of nitrogens with zero attached hydrogens (tertiary/aromatic N) is 2. The van der Waals surface area contributed by atoms with Crippen molar-refractivity contribution in [3.63, 3.8) is 0 Å². The summed E-state index contributed by atoms with van der Waals surface area (Å²) in [6.07, 6.45) is 7.80. The molecule has 0 saturated carbocycles. The molecule has 1 fully saturated rings. The number of likely N-dealkylation sites (tertiary alicyclic amines) is 1. The van der Waals surface area contributed by atoms with Crippen LogP contribution in [0.1, 0.15) is 19.3 Å². The molecule has 1 aromatic rings. The molecule has 0 spiro atoms. The van der Waals surface area contributed by atoms with E-state index in [9.17, 15) is 0 Å². The fourth-order valence-corrected chi connectivity index (χ4v) is 2.01. The van der Waals surface area contributed by atoms with Gasteiger partial charge in [0.15, 0.2) is 0 Å². The molecule has 1 aromatic heterocycles. The fourth-order valence-electron chi connectivity index (χ4n) is 2.01. The van der Waals surface area contributed by atoms with Crippen LogP contribution in [0.25, 0.3) is 0 Å². The van der Waals surface area contributed by atoms with Crippen molar-refractivity contribution in [1.29, 1.82) is 0 Å². The zero-order valence-electron chi connectivity index (χ0n) is 9.15. The van der Waals surface area contributed by atoms with Gasteiger partial charge in [0.25, 0.3) is 0 Å². The van der Waals surface area contributed by atoms with Gasteiger partial charge in [0, 0.05) is 31.2 Å². The van der Waals surface area contributed by atoms with Crippen molar-refractivity contribution >= 4 is 5.69 Å². The Balaban J connectivity index is 1.66. The number of hydrogen-bond acceptors (Lipinski definition) is 3. The SMILES string of the molecule is c1cc(NCCN2CCCCC2)ccn1. The van der Waals surface area contributed by atoms with Crippen LogP contribution >= 0.6 is 0 Å². The number of anilines is 1. The molecule has 3 nitrogen and oxygen atoms in total. The summed E-state index contributed by atoms with van der Waals surface area (Å²) in [5.41, 5.74) is 1.17. The van der Waals surface area contributed by atoms with E-state index >= 15 is 0 Å². The van der Waals surface area contributed by atoms with Crippen molar-refractivity contribution in [3.8, 4) is 0 Å². The Morgan fingerprint density at radius 2 is 1.87 bits per heavy atom. The molecule has 1 N–H and O–H groups in total. The van der Waals surface area contributed by atoms with E-state index in [1.54, 1.807) is 0 Å². The molecule has 3 heteroatoms. The van der Waals surface area contributed by atoms with E-state index in [2.05, 4.69) is 15.2 Å². The van der Waals surface area contributed by atoms with E-state index in [-0.39, 0.29) is 0 Å². The smallest absolute Gasteiger partial charge is 0.0371 e. The van der Waals surface area contributed by atoms with E-state index in [0.29, 0.717) is 0 Å². The first-order valence-electron chi connectivity index (χ1n) is 5.81. The van der Waals surface area contributed by atoms with E-state index in [1.807, 2.05) is 24.5 Å². The Kier molecular flexibility index (Phi) is 3.97. The van der Waals surface area contributed by atoms with Crippen LogP contribution in [0, 0.1) is 0 Å². The average Bonchev–Trinajstić information content (AvgIpc) is 2.32. The van der Waals surface area contributed by atoms with Crippen LogP contribution in [-0.2, 0) is 0 Å². The number of pyridine rings is 1. The van der Waals surface area contributed by atoms with Crippen LogP contribution in [0.2, 0.25) is 0 Å². The highest BCUT2D eigenvalue weighted by Gasteiger charge is 2.08. The summed E-state index contributed by atoms with van der Waals surface area (Å²) in [7, 11) is 0. The van der Waals surface area contributed by atoms with Gasteiger partial charge in [-0.2, -0.15) is 0 Å². The molecule has 0 atom stereocenters. The Morgan fingerprint density at radius 1 is 1.13 bits per heavy atom. The van der Waals surface area contributed by atoms with E-state index in [1.165, 1.54) is 38.0 Å². The third-order valence-corrected chi connectivity index (χ3v) is 2.89. The molecule has 0 aliphatic carbocycles. The molecule has 15 heavy (non-hydrogen) atoms. The van der Waals surface area contributed by atoms with Gasteiger partial charge in [0.2, 0.25) is 0 Å². The number of rotatable bonds is 4. The molecular weight excluding hydrogens is 186 g/mol. The summed E-state index contributed by atoms with van der Waals surface area (Å²) in [4.78, 5) is 6.53. The lowest BCUT2D eigenvalue weighted by Crippen LogP contribution is -2.33. The molecule has 0 radical (unpaired) electrons. The largest absolute Gasteiger partial charge is 0.384 e. The number of nitrogens with one attached hydrogen (secondary N) is 1. The van der Waals surface area contributed by atoms with Crippen LogP contribution in [0.15, 0.2) is 24.5 Å². The normalized spacial score (nSPS) is 17.6. The zero-order chi connectivity index (χ0) is 10.3. The second kappa shape index (κ2) is 5.71. The summed E-state index contributed by atoms with van der Waals surface area (Å²) in [6, 6.07) is 4.02. The molecule has 2 heterocycles. The minimum absolute atomic E-state index is 1.03. The molecule has 1 aliphatic heterocycles. The molecule has 0 aromatic carbocycles. The van der Waals surface area contributed by atoms with Crippen LogP contribution < -0.4 is 5.32 Å². The van der Waals surface area contributed by atoms with Gasteiger partial charge in [0.05, 0.1) is 0 Å². The highest BCUT2D eigenvalue weighted by atomic mass is 15.1. The van der Waals surface area contributed by atoms with Crippen molar-refractivity contribution in [1.82, 2.24) is 9.88 Å². The molecule has 1 aliphatic rings. The standard InChI is InChI=1S/C12H19N3/c1-2-9-15(10-3-1)11-8-14-12-4-6-13-7-5-12/h4-7H,1-3,8-11H2,(H,13,14). The van der Waals surface area contributed by atoms with Gasteiger partial charge in [0.1, 0.15) is 0 Å². The average molecular weight is 205 g/mol. The summed E-state index contributed by atoms with van der Waals surface area (Å²) in [6.45, 7) is 4.74.